The Morgan fingerprint density at radius 3 is 2.46 bits per heavy atom. The first-order valence-corrected chi connectivity index (χ1v) is 9.08. The average molecular weight is 380 g/mol. The zero-order valence-electron chi connectivity index (χ0n) is 16.3. The van der Waals surface area contributed by atoms with Gasteiger partial charge in [0.15, 0.2) is 11.5 Å². The van der Waals surface area contributed by atoms with Gasteiger partial charge in [0.2, 0.25) is 0 Å². The third-order valence-corrected chi connectivity index (χ3v) is 3.75. The quantitative estimate of drug-likeness (QED) is 0.514. The minimum atomic E-state index is -0.489. The number of carbonyl (C=O) groups excluding carboxylic acids is 1. The lowest BCUT2D eigenvalue weighted by Gasteiger charge is -2.12. The summed E-state index contributed by atoms with van der Waals surface area (Å²) in [5, 5.41) is 12.1. The van der Waals surface area contributed by atoms with E-state index in [0.717, 1.165) is 6.42 Å². The number of anilines is 1. The Bertz CT molecular complexity index is 867. The van der Waals surface area contributed by atoms with Crippen LogP contribution in [0, 0.1) is 11.3 Å². The molecular formula is C22H24N2O4. The molecule has 146 valence electrons. The van der Waals surface area contributed by atoms with Crippen molar-refractivity contribution in [3.05, 3.63) is 53.6 Å². The van der Waals surface area contributed by atoms with Crippen LogP contribution in [-0.2, 0) is 4.79 Å². The van der Waals surface area contributed by atoms with E-state index in [-0.39, 0.29) is 5.57 Å². The molecule has 0 radical (unpaired) electrons. The summed E-state index contributed by atoms with van der Waals surface area (Å²) in [5.74, 6) is 1.42. The predicted molar refractivity (Wildman–Crippen MR) is 109 cm³/mol. The van der Waals surface area contributed by atoms with E-state index in [9.17, 15) is 10.1 Å². The summed E-state index contributed by atoms with van der Waals surface area (Å²) in [6.07, 6.45) is 2.41. The van der Waals surface area contributed by atoms with E-state index in [1.165, 1.54) is 6.08 Å². The van der Waals surface area contributed by atoms with Gasteiger partial charge in [-0.05, 0) is 61.4 Å². The summed E-state index contributed by atoms with van der Waals surface area (Å²) >= 11 is 0. The lowest BCUT2D eigenvalue weighted by Crippen LogP contribution is -2.13. The Kier molecular flexibility index (Phi) is 7.92. The molecule has 0 heterocycles. The number of methoxy groups -OCH3 is 1. The van der Waals surface area contributed by atoms with Gasteiger partial charge >= 0.3 is 0 Å². The number of amides is 1. The number of ether oxygens (including phenoxy) is 3. The van der Waals surface area contributed by atoms with Crippen LogP contribution < -0.4 is 19.5 Å². The second kappa shape index (κ2) is 10.6. The van der Waals surface area contributed by atoms with Crippen molar-refractivity contribution in [2.24, 2.45) is 0 Å². The molecule has 2 aromatic rings. The van der Waals surface area contributed by atoms with Crippen LogP contribution in [0.4, 0.5) is 5.69 Å². The molecule has 0 atom stereocenters. The van der Waals surface area contributed by atoms with Gasteiger partial charge in [-0.25, -0.2) is 0 Å². The Labute approximate surface area is 165 Å². The van der Waals surface area contributed by atoms with Crippen LogP contribution in [0.25, 0.3) is 6.08 Å². The van der Waals surface area contributed by atoms with Crippen molar-refractivity contribution in [1.29, 1.82) is 5.26 Å². The third kappa shape index (κ3) is 5.78. The summed E-state index contributed by atoms with van der Waals surface area (Å²) in [7, 11) is 1.57. The van der Waals surface area contributed by atoms with Gasteiger partial charge < -0.3 is 19.5 Å². The molecule has 0 saturated heterocycles. The van der Waals surface area contributed by atoms with Gasteiger partial charge in [-0.3, -0.25) is 4.79 Å². The van der Waals surface area contributed by atoms with E-state index in [1.807, 2.05) is 19.9 Å². The van der Waals surface area contributed by atoms with Gasteiger partial charge in [0.1, 0.15) is 17.4 Å². The molecule has 6 heteroatoms. The first kappa shape index (κ1) is 20.8. The van der Waals surface area contributed by atoms with E-state index in [0.29, 0.717) is 41.7 Å². The Balaban J connectivity index is 2.20. The van der Waals surface area contributed by atoms with Gasteiger partial charge in [-0.15, -0.1) is 0 Å². The van der Waals surface area contributed by atoms with Crippen LogP contribution in [0.2, 0.25) is 0 Å². The van der Waals surface area contributed by atoms with Crippen molar-refractivity contribution >= 4 is 17.7 Å². The highest BCUT2D eigenvalue weighted by molar-refractivity contribution is 6.09. The largest absolute Gasteiger partial charge is 0.497 e. The molecule has 0 fully saturated rings. The molecule has 0 unspecified atom stereocenters. The van der Waals surface area contributed by atoms with Crippen molar-refractivity contribution in [3.8, 4) is 23.3 Å². The SMILES string of the molecule is CCCOc1ccc(C=C(C#N)C(=O)Nc2ccc(OC)cc2)cc1OCC. The molecule has 6 nitrogen and oxygen atoms in total. The molecule has 0 aliphatic carbocycles. The molecule has 1 amide bonds. The first-order chi connectivity index (χ1) is 13.6. The van der Waals surface area contributed by atoms with E-state index in [1.54, 1.807) is 49.6 Å². The highest BCUT2D eigenvalue weighted by Crippen LogP contribution is 2.29. The van der Waals surface area contributed by atoms with Crippen molar-refractivity contribution < 1.29 is 19.0 Å². The van der Waals surface area contributed by atoms with E-state index in [2.05, 4.69) is 5.32 Å². The number of hydrogen-bond donors (Lipinski definition) is 1. The molecule has 0 aliphatic rings. The van der Waals surface area contributed by atoms with Crippen LogP contribution in [0.5, 0.6) is 17.2 Å². The fourth-order valence-electron chi connectivity index (χ4n) is 2.40. The standard InChI is InChI=1S/C22H24N2O4/c1-4-12-28-20-11-6-16(14-21(20)27-5-2)13-17(15-23)22(25)24-18-7-9-19(26-3)10-8-18/h6-11,13-14H,4-5,12H2,1-3H3,(H,24,25). The van der Waals surface area contributed by atoms with Gasteiger partial charge in [0.05, 0.1) is 20.3 Å². The molecule has 0 aliphatic heterocycles. The molecule has 0 spiro atoms. The second-order valence-corrected chi connectivity index (χ2v) is 5.84. The number of benzene rings is 2. The maximum atomic E-state index is 12.4. The lowest BCUT2D eigenvalue weighted by molar-refractivity contribution is -0.112. The molecule has 2 rings (SSSR count). The van der Waals surface area contributed by atoms with Gasteiger partial charge in [0, 0.05) is 5.69 Å². The summed E-state index contributed by atoms with van der Waals surface area (Å²) in [4.78, 5) is 12.4. The number of nitrogens with zero attached hydrogens (tertiary/aromatic N) is 1. The Morgan fingerprint density at radius 1 is 1.11 bits per heavy atom. The van der Waals surface area contributed by atoms with Crippen LogP contribution in [0.1, 0.15) is 25.8 Å². The Morgan fingerprint density at radius 2 is 1.86 bits per heavy atom. The molecule has 0 saturated carbocycles. The van der Waals surface area contributed by atoms with Crippen molar-refractivity contribution in [1.82, 2.24) is 0 Å². The summed E-state index contributed by atoms with van der Waals surface area (Å²) in [5.41, 5.74) is 1.24. The van der Waals surface area contributed by atoms with E-state index in [4.69, 9.17) is 14.2 Å². The number of nitrogens with one attached hydrogen (secondary N) is 1. The number of nitriles is 1. The minimum absolute atomic E-state index is 0.0134. The van der Waals surface area contributed by atoms with E-state index >= 15 is 0 Å². The molecule has 2 aromatic carbocycles. The fourth-order valence-corrected chi connectivity index (χ4v) is 2.40. The first-order valence-electron chi connectivity index (χ1n) is 9.08. The second-order valence-electron chi connectivity index (χ2n) is 5.84. The van der Waals surface area contributed by atoms with Crippen LogP contribution in [0.15, 0.2) is 48.0 Å². The van der Waals surface area contributed by atoms with Crippen molar-refractivity contribution in [2.45, 2.75) is 20.3 Å². The zero-order valence-corrected chi connectivity index (χ0v) is 16.3. The number of rotatable bonds is 9. The van der Waals surface area contributed by atoms with Crippen LogP contribution in [0.3, 0.4) is 0 Å². The van der Waals surface area contributed by atoms with Gasteiger partial charge in [-0.1, -0.05) is 13.0 Å². The Hall–Kier alpha value is -3.46. The third-order valence-electron chi connectivity index (χ3n) is 3.75. The minimum Gasteiger partial charge on any atom is -0.497 e. The maximum absolute atomic E-state index is 12.4. The fraction of sp³-hybridized carbons (Fsp3) is 0.273. The highest BCUT2D eigenvalue weighted by atomic mass is 16.5. The molecule has 1 N–H and O–H groups in total. The van der Waals surface area contributed by atoms with Crippen LogP contribution in [-0.4, -0.2) is 26.2 Å². The van der Waals surface area contributed by atoms with Gasteiger partial charge in [-0.2, -0.15) is 5.26 Å². The van der Waals surface area contributed by atoms with Crippen molar-refractivity contribution in [2.75, 3.05) is 25.6 Å². The summed E-state index contributed by atoms with van der Waals surface area (Å²) in [6.45, 7) is 4.98. The monoisotopic (exact) mass is 380 g/mol. The van der Waals surface area contributed by atoms with Crippen molar-refractivity contribution in [3.63, 3.8) is 0 Å². The zero-order chi connectivity index (χ0) is 20.4. The topological polar surface area (TPSA) is 80.6 Å². The normalized spacial score (nSPS) is 10.7. The molecule has 28 heavy (non-hydrogen) atoms. The number of hydrogen-bond acceptors (Lipinski definition) is 5. The molecule has 0 bridgehead atoms. The number of carbonyl (C=O) groups is 1. The van der Waals surface area contributed by atoms with Gasteiger partial charge in [0.25, 0.3) is 5.91 Å². The average Bonchev–Trinajstić information content (AvgIpc) is 2.72. The smallest absolute Gasteiger partial charge is 0.266 e. The lowest BCUT2D eigenvalue weighted by atomic mass is 10.1. The summed E-state index contributed by atoms with van der Waals surface area (Å²) < 4.78 is 16.4. The highest BCUT2D eigenvalue weighted by Gasteiger charge is 2.11. The van der Waals surface area contributed by atoms with Crippen LogP contribution >= 0.6 is 0 Å². The molecule has 0 aromatic heterocycles. The molecular weight excluding hydrogens is 356 g/mol. The van der Waals surface area contributed by atoms with E-state index < -0.39 is 5.91 Å². The maximum Gasteiger partial charge on any atom is 0.266 e. The summed E-state index contributed by atoms with van der Waals surface area (Å²) in [6, 6.07) is 14.1. The predicted octanol–water partition coefficient (Wildman–Crippen LogP) is 4.43.